The van der Waals surface area contributed by atoms with Gasteiger partial charge in [0.25, 0.3) is 0 Å². The molecule has 0 aliphatic carbocycles. The summed E-state index contributed by atoms with van der Waals surface area (Å²) >= 11 is 5.96. The first-order valence-electron chi connectivity index (χ1n) is 6.76. The molecule has 19 heavy (non-hydrogen) atoms. The summed E-state index contributed by atoms with van der Waals surface area (Å²) in [5.74, 6) is 1.45. The molecule has 0 unspecified atom stereocenters. The van der Waals surface area contributed by atoms with Gasteiger partial charge in [-0.1, -0.05) is 25.4 Å². The lowest BCUT2D eigenvalue weighted by Gasteiger charge is -2.14. The maximum Gasteiger partial charge on any atom is 0.124 e. The Balaban J connectivity index is 2.37. The Morgan fingerprint density at radius 1 is 1.16 bits per heavy atom. The van der Waals surface area contributed by atoms with Gasteiger partial charge in [0.15, 0.2) is 0 Å². The lowest BCUT2D eigenvalue weighted by molar-refractivity contribution is 0.0922. The van der Waals surface area contributed by atoms with Gasteiger partial charge in [0.2, 0.25) is 0 Å². The minimum absolute atomic E-state index is 0.101. The van der Waals surface area contributed by atoms with Crippen molar-refractivity contribution in [3.05, 3.63) is 28.8 Å². The molecule has 0 radical (unpaired) electrons. The summed E-state index contributed by atoms with van der Waals surface area (Å²) in [6.07, 6.45) is 1.08. The van der Waals surface area contributed by atoms with Crippen molar-refractivity contribution >= 4 is 11.6 Å². The minimum Gasteiger partial charge on any atom is -0.491 e. The fourth-order valence-electron chi connectivity index (χ4n) is 1.64. The van der Waals surface area contributed by atoms with Gasteiger partial charge in [0.05, 0.1) is 6.61 Å². The zero-order chi connectivity index (χ0) is 14.3. The number of rotatable bonds is 8. The predicted molar refractivity (Wildman–Crippen MR) is 79.8 cm³/mol. The molecule has 0 spiro atoms. The average Bonchev–Trinajstić information content (AvgIpc) is 2.34. The fourth-order valence-corrected chi connectivity index (χ4v) is 1.82. The molecule has 108 valence electrons. The quantitative estimate of drug-likeness (QED) is 0.739. The standard InChI is InChI=1S/C15H24ClNO2/c1-11(2)6-7-18-8-9-19-15-5-4-13(16)10-14(15)12(3)17/h4-5,10-12H,6-9,17H2,1-3H3/t12-/m0/s1. The zero-order valence-electron chi connectivity index (χ0n) is 12.0. The number of ether oxygens (including phenoxy) is 2. The molecular weight excluding hydrogens is 262 g/mol. The van der Waals surface area contributed by atoms with Crippen molar-refractivity contribution in [2.24, 2.45) is 11.7 Å². The van der Waals surface area contributed by atoms with Crippen molar-refractivity contribution in [2.45, 2.75) is 33.2 Å². The van der Waals surface area contributed by atoms with E-state index in [-0.39, 0.29) is 6.04 Å². The number of benzene rings is 1. The first-order chi connectivity index (χ1) is 9.00. The van der Waals surface area contributed by atoms with Crippen molar-refractivity contribution < 1.29 is 9.47 Å². The normalized spacial score (nSPS) is 12.7. The van der Waals surface area contributed by atoms with Crippen LogP contribution in [0.25, 0.3) is 0 Å². The Kier molecular flexibility index (Phi) is 7.21. The average molecular weight is 286 g/mol. The molecule has 1 aromatic carbocycles. The highest BCUT2D eigenvalue weighted by Gasteiger charge is 2.08. The van der Waals surface area contributed by atoms with Gasteiger partial charge in [0.1, 0.15) is 12.4 Å². The number of hydrogen-bond donors (Lipinski definition) is 1. The van der Waals surface area contributed by atoms with Crippen LogP contribution in [0.5, 0.6) is 5.75 Å². The Bertz CT molecular complexity index is 380. The van der Waals surface area contributed by atoms with Gasteiger partial charge in [-0.25, -0.2) is 0 Å². The van der Waals surface area contributed by atoms with E-state index >= 15 is 0 Å². The van der Waals surface area contributed by atoms with E-state index in [2.05, 4.69) is 13.8 Å². The van der Waals surface area contributed by atoms with E-state index in [0.29, 0.717) is 24.2 Å². The van der Waals surface area contributed by atoms with Crippen molar-refractivity contribution in [1.82, 2.24) is 0 Å². The second-order valence-corrected chi connectivity index (χ2v) is 5.55. The molecule has 1 rings (SSSR count). The number of hydrogen-bond acceptors (Lipinski definition) is 3. The Morgan fingerprint density at radius 3 is 2.53 bits per heavy atom. The molecule has 0 saturated heterocycles. The SMILES string of the molecule is CC(C)CCOCCOc1ccc(Cl)cc1[C@H](C)N. The van der Waals surface area contributed by atoms with Crippen LogP contribution in [0, 0.1) is 5.92 Å². The molecule has 1 aromatic rings. The summed E-state index contributed by atoms with van der Waals surface area (Å²) in [4.78, 5) is 0. The van der Waals surface area contributed by atoms with Gasteiger partial charge in [-0.15, -0.1) is 0 Å². The molecule has 0 fully saturated rings. The van der Waals surface area contributed by atoms with Crippen molar-refractivity contribution in [3.63, 3.8) is 0 Å². The first kappa shape index (κ1) is 16.3. The minimum atomic E-state index is -0.101. The van der Waals surface area contributed by atoms with Crippen LogP contribution in [0.3, 0.4) is 0 Å². The van der Waals surface area contributed by atoms with Gasteiger partial charge < -0.3 is 15.2 Å². The van der Waals surface area contributed by atoms with Crippen LogP contribution in [-0.4, -0.2) is 19.8 Å². The van der Waals surface area contributed by atoms with Crippen LogP contribution >= 0.6 is 11.6 Å². The fraction of sp³-hybridized carbons (Fsp3) is 0.600. The van der Waals surface area contributed by atoms with Gasteiger partial charge in [-0.3, -0.25) is 0 Å². The Labute approximate surface area is 121 Å². The topological polar surface area (TPSA) is 44.5 Å². The van der Waals surface area contributed by atoms with E-state index in [1.807, 2.05) is 25.1 Å². The van der Waals surface area contributed by atoms with Crippen molar-refractivity contribution in [3.8, 4) is 5.75 Å². The second-order valence-electron chi connectivity index (χ2n) is 5.11. The zero-order valence-corrected chi connectivity index (χ0v) is 12.7. The van der Waals surface area contributed by atoms with E-state index in [1.54, 1.807) is 0 Å². The molecule has 0 amide bonds. The molecule has 0 aliphatic rings. The molecule has 2 N–H and O–H groups in total. The maximum atomic E-state index is 5.96. The van der Waals surface area contributed by atoms with Gasteiger partial charge in [-0.05, 0) is 37.5 Å². The highest BCUT2D eigenvalue weighted by atomic mass is 35.5. The molecule has 3 nitrogen and oxygen atoms in total. The van der Waals surface area contributed by atoms with E-state index in [1.165, 1.54) is 0 Å². The second kappa shape index (κ2) is 8.41. The van der Waals surface area contributed by atoms with Crippen LogP contribution in [0.4, 0.5) is 0 Å². The monoisotopic (exact) mass is 285 g/mol. The van der Waals surface area contributed by atoms with Crippen LogP contribution < -0.4 is 10.5 Å². The number of nitrogens with two attached hydrogens (primary N) is 1. The van der Waals surface area contributed by atoms with Crippen LogP contribution in [0.15, 0.2) is 18.2 Å². The van der Waals surface area contributed by atoms with Crippen LogP contribution in [0.2, 0.25) is 5.02 Å². The lowest BCUT2D eigenvalue weighted by Crippen LogP contribution is -2.12. The Hall–Kier alpha value is -0.770. The summed E-state index contributed by atoms with van der Waals surface area (Å²) in [6, 6.07) is 5.41. The number of halogens is 1. The lowest BCUT2D eigenvalue weighted by atomic mass is 10.1. The largest absolute Gasteiger partial charge is 0.491 e. The van der Waals surface area contributed by atoms with E-state index < -0.39 is 0 Å². The van der Waals surface area contributed by atoms with Gasteiger partial charge in [0, 0.05) is 23.2 Å². The maximum absolute atomic E-state index is 5.96. The third kappa shape index (κ3) is 6.28. The third-order valence-electron chi connectivity index (χ3n) is 2.79. The van der Waals surface area contributed by atoms with E-state index in [0.717, 1.165) is 24.3 Å². The van der Waals surface area contributed by atoms with Crippen molar-refractivity contribution in [1.29, 1.82) is 0 Å². The summed E-state index contributed by atoms with van der Waals surface area (Å²) in [5.41, 5.74) is 6.82. The molecule has 0 heterocycles. The smallest absolute Gasteiger partial charge is 0.124 e. The van der Waals surface area contributed by atoms with Crippen LogP contribution in [0.1, 0.15) is 38.8 Å². The third-order valence-corrected chi connectivity index (χ3v) is 3.02. The van der Waals surface area contributed by atoms with E-state index in [4.69, 9.17) is 26.8 Å². The van der Waals surface area contributed by atoms with Gasteiger partial charge in [-0.2, -0.15) is 0 Å². The summed E-state index contributed by atoms with van der Waals surface area (Å²) in [5, 5.41) is 0.674. The summed E-state index contributed by atoms with van der Waals surface area (Å²) in [6.45, 7) is 8.18. The molecule has 0 saturated carbocycles. The highest BCUT2D eigenvalue weighted by molar-refractivity contribution is 6.30. The van der Waals surface area contributed by atoms with Crippen LogP contribution in [-0.2, 0) is 4.74 Å². The molecule has 1 atom stereocenters. The summed E-state index contributed by atoms with van der Waals surface area (Å²) in [7, 11) is 0. The highest BCUT2D eigenvalue weighted by Crippen LogP contribution is 2.27. The molecular formula is C15H24ClNO2. The molecule has 0 aromatic heterocycles. The first-order valence-corrected chi connectivity index (χ1v) is 7.14. The summed E-state index contributed by atoms with van der Waals surface area (Å²) < 4.78 is 11.2. The molecule has 0 bridgehead atoms. The Morgan fingerprint density at radius 2 is 1.89 bits per heavy atom. The molecule has 0 aliphatic heterocycles. The molecule has 4 heteroatoms. The predicted octanol–water partition coefficient (Wildman–Crippen LogP) is 3.80. The van der Waals surface area contributed by atoms with Crippen molar-refractivity contribution in [2.75, 3.05) is 19.8 Å². The van der Waals surface area contributed by atoms with Gasteiger partial charge >= 0.3 is 0 Å². The van der Waals surface area contributed by atoms with E-state index in [9.17, 15) is 0 Å².